The first-order chi connectivity index (χ1) is 13.9. The number of ether oxygens (including phenoxy) is 1. The van der Waals surface area contributed by atoms with Crippen LogP contribution in [-0.2, 0) is 20.5 Å². The summed E-state index contributed by atoms with van der Waals surface area (Å²) >= 11 is 5.87. The van der Waals surface area contributed by atoms with E-state index in [1.54, 1.807) is 0 Å². The summed E-state index contributed by atoms with van der Waals surface area (Å²) in [4.78, 5) is 40.4. The Kier molecular flexibility index (Phi) is 6.55. The predicted octanol–water partition coefficient (Wildman–Crippen LogP) is 1.44. The molecule has 0 saturated carbocycles. The number of hydrogen-bond donors (Lipinski definition) is 1. The Labute approximate surface area is 169 Å². The number of methoxy groups -OCH3 is 1. The van der Waals surface area contributed by atoms with Crippen molar-refractivity contribution in [1.82, 2.24) is 9.24 Å². The van der Waals surface area contributed by atoms with Crippen molar-refractivity contribution in [3.8, 4) is 5.69 Å². The molecule has 30 heavy (non-hydrogen) atoms. The highest BCUT2D eigenvalue weighted by Crippen LogP contribution is 2.27. The summed E-state index contributed by atoms with van der Waals surface area (Å²) in [6, 6.07) is 1.61. The van der Waals surface area contributed by atoms with Gasteiger partial charge in [-0.1, -0.05) is 16.8 Å². The molecule has 14 heteroatoms. The Morgan fingerprint density at radius 3 is 2.50 bits per heavy atom. The number of nitrogen functional groups attached to an aromatic ring is 1. The van der Waals surface area contributed by atoms with E-state index in [4.69, 9.17) is 22.3 Å². The molecule has 1 aromatic carbocycles. The van der Waals surface area contributed by atoms with Gasteiger partial charge in [-0.2, -0.15) is 13.2 Å². The Morgan fingerprint density at radius 1 is 1.30 bits per heavy atom. The number of rotatable bonds is 5. The van der Waals surface area contributed by atoms with Crippen molar-refractivity contribution in [3.63, 3.8) is 0 Å². The van der Waals surface area contributed by atoms with Gasteiger partial charge in [0.15, 0.2) is 5.69 Å². The van der Waals surface area contributed by atoms with Crippen molar-refractivity contribution in [2.24, 2.45) is 5.16 Å². The van der Waals surface area contributed by atoms with Gasteiger partial charge in [0.25, 0.3) is 5.56 Å². The van der Waals surface area contributed by atoms with E-state index >= 15 is 0 Å². The minimum atomic E-state index is -5.09. The highest BCUT2D eigenvalue weighted by Gasteiger charge is 2.36. The number of oxime groups is 1. The van der Waals surface area contributed by atoms with Crippen LogP contribution in [-0.4, -0.2) is 34.6 Å². The van der Waals surface area contributed by atoms with Gasteiger partial charge in [0.05, 0.1) is 24.0 Å². The molecule has 0 saturated heterocycles. The van der Waals surface area contributed by atoms with Crippen molar-refractivity contribution in [1.29, 1.82) is 0 Å². The maximum atomic E-state index is 14.4. The molecule has 1 heterocycles. The molecule has 0 unspecified atom stereocenters. The largest absolute Gasteiger partial charge is 0.466 e. The van der Waals surface area contributed by atoms with Gasteiger partial charge in [0, 0.05) is 11.6 Å². The lowest BCUT2D eigenvalue weighted by molar-refractivity contribution is -0.152. The summed E-state index contributed by atoms with van der Waals surface area (Å²) in [5, 5.41) is 3.23. The van der Waals surface area contributed by atoms with E-state index < -0.39 is 46.7 Å². The van der Waals surface area contributed by atoms with E-state index in [9.17, 15) is 31.9 Å². The van der Waals surface area contributed by atoms with Gasteiger partial charge in [-0.05, 0) is 19.1 Å². The molecule has 2 aromatic rings. The van der Waals surface area contributed by atoms with E-state index in [1.165, 1.54) is 6.92 Å². The van der Waals surface area contributed by atoms with Crippen molar-refractivity contribution in [2.75, 3.05) is 13.0 Å². The Bertz CT molecular complexity index is 1130. The molecule has 2 N–H and O–H groups in total. The maximum absolute atomic E-state index is 14.4. The minimum absolute atomic E-state index is 0.0460. The summed E-state index contributed by atoms with van der Waals surface area (Å²) in [5.41, 5.74) is -5.65. The van der Waals surface area contributed by atoms with Crippen LogP contribution in [0, 0.1) is 5.82 Å². The molecule has 0 radical (unpaired) electrons. The van der Waals surface area contributed by atoms with Crippen molar-refractivity contribution in [3.05, 3.63) is 61.1 Å². The lowest BCUT2D eigenvalue weighted by Crippen LogP contribution is -2.45. The number of hydrogen-bond acceptors (Lipinski definition) is 7. The van der Waals surface area contributed by atoms with E-state index in [0.717, 1.165) is 19.4 Å². The Hall–Kier alpha value is -3.35. The molecule has 0 aliphatic carbocycles. The first kappa shape index (κ1) is 22.9. The number of carbonyl (C=O) groups excluding carboxylic acids is 1. The zero-order valence-corrected chi connectivity index (χ0v) is 16.0. The van der Waals surface area contributed by atoms with Gasteiger partial charge in [0.1, 0.15) is 5.82 Å². The molecular weight excluding hydrogens is 440 g/mol. The highest BCUT2D eigenvalue weighted by atomic mass is 35.5. The molecular formula is C16H13ClF4N4O5. The van der Waals surface area contributed by atoms with Crippen LogP contribution in [0.4, 0.5) is 17.6 Å². The fourth-order valence-electron chi connectivity index (χ4n) is 2.21. The molecule has 0 fully saturated rings. The van der Waals surface area contributed by atoms with Gasteiger partial charge < -0.3 is 15.4 Å². The first-order valence-corrected chi connectivity index (χ1v) is 8.24. The third-order valence-corrected chi connectivity index (χ3v) is 4.01. The third kappa shape index (κ3) is 4.62. The molecule has 2 rings (SSSR count). The summed E-state index contributed by atoms with van der Waals surface area (Å²) in [7, 11) is 1.13. The summed E-state index contributed by atoms with van der Waals surface area (Å²) in [6.45, 7) is 1.33. The first-order valence-electron chi connectivity index (χ1n) is 7.86. The normalized spacial score (nSPS) is 12.8. The zero-order chi connectivity index (χ0) is 22.8. The van der Waals surface area contributed by atoms with E-state index in [0.29, 0.717) is 6.07 Å². The quantitative estimate of drug-likeness (QED) is 0.241. The highest BCUT2D eigenvalue weighted by molar-refractivity contribution is 6.33. The molecule has 0 bridgehead atoms. The van der Waals surface area contributed by atoms with E-state index in [-0.39, 0.29) is 25.9 Å². The van der Waals surface area contributed by atoms with Crippen LogP contribution in [0.15, 0.2) is 32.9 Å². The van der Waals surface area contributed by atoms with E-state index in [2.05, 4.69) is 9.89 Å². The second-order valence-electron chi connectivity index (χ2n) is 5.68. The van der Waals surface area contributed by atoms with Crippen LogP contribution in [0.3, 0.4) is 0 Å². The average Bonchev–Trinajstić information content (AvgIpc) is 2.65. The molecule has 1 aromatic heterocycles. The molecule has 0 spiro atoms. The number of halogens is 5. The van der Waals surface area contributed by atoms with Gasteiger partial charge in [-0.15, -0.1) is 0 Å². The molecule has 162 valence electrons. The van der Waals surface area contributed by atoms with Gasteiger partial charge in [0.2, 0.25) is 6.10 Å². The molecule has 0 aliphatic heterocycles. The Balaban J connectivity index is 2.56. The number of esters is 1. The van der Waals surface area contributed by atoms with Crippen LogP contribution in [0.5, 0.6) is 0 Å². The fourth-order valence-corrected chi connectivity index (χ4v) is 2.41. The number of nitrogens with zero attached hydrogens (tertiary/aromatic N) is 3. The lowest BCUT2D eigenvalue weighted by Gasteiger charge is -2.14. The topological polar surface area (TPSA) is 118 Å². The summed E-state index contributed by atoms with van der Waals surface area (Å²) in [5.74, 6) is 3.20. The van der Waals surface area contributed by atoms with Crippen molar-refractivity contribution < 1.29 is 31.9 Å². The van der Waals surface area contributed by atoms with Crippen molar-refractivity contribution in [2.45, 2.75) is 19.2 Å². The van der Waals surface area contributed by atoms with Crippen molar-refractivity contribution >= 4 is 23.8 Å². The SMILES string of the molecule is COC(=O)[C@@H](C)O/N=C/c1cc(-n2c(=O)cc(C(F)(F)F)n(N)c2=O)c(F)cc1Cl. The van der Waals surface area contributed by atoms with Crippen LogP contribution < -0.4 is 17.1 Å². The van der Waals surface area contributed by atoms with Gasteiger partial charge in [-0.25, -0.2) is 23.2 Å². The maximum Gasteiger partial charge on any atom is 0.433 e. The number of nitrogens with two attached hydrogens (primary N) is 1. The molecule has 9 nitrogen and oxygen atoms in total. The smallest absolute Gasteiger partial charge is 0.433 e. The molecule has 0 aliphatic rings. The number of benzene rings is 1. The zero-order valence-electron chi connectivity index (χ0n) is 15.2. The second-order valence-corrected chi connectivity index (χ2v) is 6.09. The molecule has 1 atom stereocenters. The number of alkyl halides is 3. The van der Waals surface area contributed by atoms with Crippen LogP contribution in [0.2, 0.25) is 5.02 Å². The van der Waals surface area contributed by atoms with Crippen LogP contribution >= 0.6 is 11.6 Å². The minimum Gasteiger partial charge on any atom is -0.466 e. The third-order valence-electron chi connectivity index (χ3n) is 3.68. The summed E-state index contributed by atoms with van der Waals surface area (Å²) < 4.78 is 57.2. The van der Waals surface area contributed by atoms with Crippen LogP contribution in [0.25, 0.3) is 5.69 Å². The standard InChI is InChI=1S/C16H13ClF4N4O5/c1-7(14(27)29-2)30-23-6-8-3-11(10(18)4-9(8)17)24-13(26)5-12(16(19,20)21)25(22)15(24)28/h3-7H,22H2,1-2H3/b23-6+/t7-/m1/s1. The predicted molar refractivity (Wildman–Crippen MR) is 96.6 cm³/mol. The molecule has 0 amide bonds. The van der Waals surface area contributed by atoms with Gasteiger partial charge in [-0.3, -0.25) is 4.79 Å². The van der Waals surface area contributed by atoms with Crippen LogP contribution in [0.1, 0.15) is 18.2 Å². The monoisotopic (exact) mass is 452 g/mol. The summed E-state index contributed by atoms with van der Waals surface area (Å²) in [6.07, 6.45) is -5.25. The second kappa shape index (κ2) is 8.57. The fraction of sp³-hybridized carbons (Fsp3) is 0.250. The Morgan fingerprint density at radius 2 is 1.93 bits per heavy atom. The number of carbonyl (C=O) groups is 1. The van der Waals surface area contributed by atoms with Gasteiger partial charge >= 0.3 is 17.8 Å². The number of aromatic nitrogens is 2. The lowest BCUT2D eigenvalue weighted by atomic mass is 10.2. The average molecular weight is 453 g/mol. The van der Waals surface area contributed by atoms with E-state index in [1.807, 2.05) is 0 Å².